The number of carbonyl (C=O) groups is 1. The third-order valence-electron chi connectivity index (χ3n) is 4.52. The van der Waals surface area contributed by atoms with E-state index in [2.05, 4.69) is 33.6 Å². The first-order valence-electron chi connectivity index (χ1n) is 7.95. The summed E-state index contributed by atoms with van der Waals surface area (Å²) in [5, 5.41) is 0. The molecule has 114 valence electrons. The maximum absolute atomic E-state index is 12.5. The minimum atomic E-state index is 0.266. The molecule has 1 saturated carbocycles. The normalized spacial score (nSPS) is 23.6. The van der Waals surface area contributed by atoms with E-state index < -0.39 is 0 Å². The molecule has 1 aromatic heterocycles. The Morgan fingerprint density at radius 3 is 2.76 bits per heavy atom. The Labute approximate surface area is 126 Å². The van der Waals surface area contributed by atoms with E-state index in [0.29, 0.717) is 18.2 Å². The Morgan fingerprint density at radius 2 is 2.14 bits per heavy atom. The van der Waals surface area contributed by atoms with Gasteiger partial charge in [0.05, 0.1) is 12.2 Å². The first kappa shape index (κ1) is 14.3. The van der Waals surface area contributed by atoms with Crippen LogP contribution in [0.15, 0.2) is 18.6 Å². The molecule has 5 nitrogen and oxygen atoms in total. The average molecular weight is 288 g/mol. The number of nitrogens with zero attached hydrogens (tertiary/aromatic N) is 4. The summed E-state index contributed by atoms with van der Waals surface area (Å²) in [7, 11) is 0. The van der Waals surface area contributed by atoms with E-state index in [4.69, 9.17) is 0 Å². The Balaban J connectivity index is 1.80. The number of anilines is 1. The molecular formula is C16H24N4O. The van der Waals surface area contributed by atoms with Gasteiger partial charge in [-0.3, -0.25) is 9.78 Å². The molecule has 2 heterocycles. The summed E-state index contributed by atoms with van der Waals surface area (Å²) in [6.45, 7) is 6.95. The summed E-state index contributed by atoms with van der Waals surface area (Å²) in [4.78, 5) is 25.4. The molecule has 1 amide bonds. The Hall–Kier alpha value is -1.65. The van der Waals surface area contributed by atoms with Crippen LogP contribution in [0.5, 0.6) is 0 Å². The lowest BCUT2D eigenvalue weighted by Gasteiger charge is -2.35. The van der Waals surface area contributed by atoms with Crippen molar-refractivity contribution in [3.05, 3.63) is 18.6 Å². The van der Waals surface area contributed by atoms with Gasteiger partial charge < -0.3 is 9.80 Å². The Kier molecular flexibility index (Phi) is 4.08. The molecule has 1 aliphatic carbocycles. The fraction of sp³-hybridized carbons (Fsp3) is 0.688. The van der Waals surface area contributed by atoms with Crippen LogP contribution in [0.1, 0.15) is 33.1 Å². The summed E-state index contributed by atoms with van der Waals surface area (Å²) in [5.74, 6) is 2.36. The molecule has 0 unspecified atom stereocenters. The van der Waals surface area contributed by atoms with Crippen LogP contribution in [0.2, 0.25) is 0 Å². The molecule has 21 heavy (non-hydrogen) atoms. The highest BCUT2D eigenvalue weighted by Crippen LogP contribution is 2.32. The van der Waals surface area contributed by atoms with Crippen LogP contribution in [0.4, 0.5) is 5.82 Å². The Bertz CT molecular complexity index is 486. The molecule has 3 rings (SSSR count). The van der Waals surface area contributed by atoms with Crippen molar-refractivity contribution < 1.29 is 4.79 Å². The van der Waals surface area contributed by atoms with E-state index >= 15 is 0 Å². The molecule has 0 spiro atoms. The quantitative estimate of drug-likeness (QED) is 0.849. The van der Waals surface area contributed by atoms with Crippen molar-refractivity contribution in [1.29, 1.82) is 0 Å². The maximum atomic E-state index is 12.5. The highest BCUT2D eigenvalue weighted by atomic mass is 16.2. The summed E-state index contributed by atoms with van der Waals surface area (Å²) in [6.07, 6.45) is 8.33. The third-order valence-corrected chi connectivity index (χ3v) is 4.52. The van der Waals surface area contributed by atoms with Gasteiger partial charge in [0.25, 0.3) is 0 Å². The molecule has 1 saturated heterocycles. The molecule has 0 aromatic carbocycles. The minimum Gasteiger partial charge on any atom is -0.353 e. The van der Waals surface area contributed by atoms with Crippen molar-refractivity contribution in [3.63, 3.8) is 0 Å². The molecule has 2 aliphatic rings. The van der Waals surface area contributed by atoms with Gasteiger partial charge in [-0.25, -0.2) is 4.98 Å². The van der Waals surface area contributed by atoms with Crippen molar-refractivity contribution in [2.24, 2.45) is 11.8 Å². The van der Waals surface area contributed by atoms with Crippen LogP contribution < -0.4 is 4.90 Å². The van der Waals surface area contributed by atoms with Gasteiger partial charge in [0.15, 0.2) is 0 Å². The predicted molar refractivity (Wildman–Crippen MR) is 81.9 cm³/mol. The standard InChI is InChI=1S/C16H24N4O/c1-12(2)14-11-19(15-9-17-6-7-18-15)8-5-16(21)20(14)10-13-3-4-13/h6-7,9,12-14H,3-5,8,10-11H2,1-2H3/t14-/m1/s1. The van der Waals surface area contributed by atoms with Crippen LogP contribution in [0.3, 0.4) is 0 Å². The van der Waals surface area contributed by atoms with E-state index in [-0.39, 0.29) is 6.04 Å². The molecule has 2 fully saturated rings. The van der Waals surface area contributed by atoms with Crippen molar-refractivity contribution in [3.8, 4) is 0 Å². The summed E-state index contributed by atoms with van der Waals surface area (Å²) >= 11 is 0. The number of carbonyl (C=O) groups excluding carboxylic acids is 1. The van der Waals surface area contributed by atoms with Gasteiger partial charge in [0.2, 0.25) is 5.91 Å². The van der Waals surface area contributed by atoms with E-state index in [1.165, 1.54) is 12.8 Å². The third kappa shape index (κ3) is 3.34. The van der Waals surface area contributed by atoms with Crippen molar-refractivity contribution in [1.82, 2.24) is 14.9 Å². The summed E-state index contributed by atoms with van der Waals surface area (Å²) in [5.41, 5.74) is 0. The maximum Gasteiger partial charge on any atom is 0.224 e. The molecule has 1 aliphatic heterocycles. The molecular weight excluding hydrogens is 264 g/mol. The number of hydrogen-bond donors (Lipinski definition) is 0. The summed E-state index contributed by atoms with van der Waals surface area (Å²) < 4.78 is 0. The molecule has 5 heteroatoms. The van der Waals surface area contributed by atoms with Crippen LogP contribution >= 0.6 is 0 Å². The van der Waals surface area contributed by atoms with E-state index in [1.54, 1.807) is 18.6 Å². The molecule has 0 N–H and O–H groups in total. The van der Waals surface area contributed by atoms with Gasteiger partial charge in [-0.1, -0.05) is 13.8 Å². The smallest absolute Gasteiger partial charge is 0.224 e. The molecule has 0 bridgehead atoms. The zero-order chi connectivity index (χ0) is 14.8. The number of amides is 1. The van der Waals surface area contributed by atoms with Crippen LogP contribution in [0.25, 0.3) is 0 Å². The molecule has 1 atom stereocenters. The average Bonchev–Trinajstić information content (AvgIpc) is 3.30. The molecule has 1 aromatic rings. The van der Waals surface area contributed by atoms with Crippen molar-refractivity contribution in [2.75, 3.05) is 24.5 Å². The number of hydrogen-bond acceptors (Lipinski definition) is 4. The van der Waals surface area contributed by atoms with E-state index in [0.717, 1.165) is 31.4 Å². The zero-order valence-corrected chi connectivity index (χ0v) is 12.9. The van der Waals surface area contributed by atoms with Crippen molar-refractivity contribution >= 4 is 11.7 Å². The largest absolute Gasteiger partial charge is 0.353 e. The van der Waals surface area contributed by atoms with Gasteiger partial charge in [0.1, 0.15) is 5.82 Å². The second-order valence-electron chi connectivity index (χ2n) is 6.56. The van der Waals surface area contributed by atoms with E-state index in [1.807, 2.05) is 0 Å². The first-order chi connectivity index (χ1) is 10.1. The Morgan fingerprint density at radius 1 is 1.33 bits per heavy atom. The first-order valence-corrected chi connectivity index (χ1v) is 7.95. The highest BCUT2D eigenvalue weighted by Gasteiger charge is 2.35. The van der Waals surface area contributed by atoms with Gasteiger partial charge in [0, 0.05) is 38.4 Å². The predicted octanol–water partition coefficient (Wildman–Crippen LogP) is 1.95. The van der Waals surface area contributed by atoms with Crippen molar-refractivity contribution in [2.45, 2.75) is 39.2 Å². The topological polar surface area (TPSA) is 49.3 Å². The van der Waals surface area contributed by atoms with Crippen LogP contribution in [-0.4, -0.2) is 46.5 Å². The number of aromatic nitrogens is 2. The van der Waals surface area contributed by atoms with Crippen LogP contribution in [-0.2, 0) is 4.79 Å². The monoisotopic (exact) mass is 288 g/mol. The molecule has 0 radical (unpaired) electrons. The second kappa shape index (κ2) is 6.00. The van der Waals surface area contributed by atoms with Gasteiger partial charge in [-0.2, -0.15) is 0 Å². The van der Waals surface area contributed by atoms with E-state index in [9.17, 15) is 4.79 Å². The SMILES string of the molecule is CC(C)[C@H]1CN(c2cnccn2)CCC(=O)N1CC1CC1. The fourth-order valence-corrected chi connectivity index (χ4v) is 3.02. The van der Waals surface area contributed by atoms with Crippen LogP contribution in [0, 0.1) is 11.8 Å². The lowest BCUT2D eigenvalue weighted by molar-refractivity contribution is -0.133. The zero-order valence-electron chi connectivity index (χ0n) is 12.9. The fourth-order valence-electron chi connectivity index (χ4n) is 3.02. The summed E-state index contributed by atoms with van der Waals surface area (Å²) in [6, 6.07) is 0.266. The second-order valence-corrected chi connectivity index (χ2v) is 6.56. The lowest BCUT2D eigenvalue weighted by atomic mass is 10.0. The number of rotatable bonds is 4. The lowest BCUT2D eigenvalue weighted by Crippen LogP contribution is -2.47. The van der Waals surface area contributed by atoms with Gasteiger partial charge in [-0.15, -0.1) is 0 Å². The van der Waals surface area contributed by atoms with Gasteiger partial charge in [-0.05, 0) is 24.7 Å². The van der Waals surface area contributed by atoms with Gasteiger partial charge >= 0.3 is 0 Å². The minimum absolute atomic E-state index is 0.266. The highest BCUT2D eigenvalue weighted by molar-refractivity contribution is 5.78.